The predicted molar refractivity (Wildman–Crippen MR) is 80.3 cm³/mol. The monoisotopic (exact) mass is 312 g/mol. The Morgan fingerprint density at radius 3 is 2.38 bits per heavy atom. The van der Waals surface area contributed by atoms with Crippen LogP contribution in [0, 0.1) is 0 Å². The van der Waals surface area contributed by atoms with Crippen molar-refractivity contribution < 1.29 is 18.3 Å². The number of carboxylic acid groups (broad SMARTS) is 1. The zero-order chi connectivity index (χ0) is 15.8. The van der Waals surface area contributed by atoms with Gasteiger partial charge in [0.05, 0.1) is 16.1 Å². The number of hydrogen-bond acceptors (Lipinski definition) is 4. The van der Waals surface area contributed by atoms with Gasteiger partial charge < -0.3 is 10.0 Å². The summed E-state index contributed by atoms with van der Waals surface area (Å²) < 4.78 is 25.3. The van der Waals surface area contributed by atoms with Crippen molar-refractivity contribution in [1.82, 2.24) is 4.31 Å². The van der Waals surface area contributed by atoms with E-state index in [-0.39, 0.29) is 10.5 Å². The highest BCUT2D eigenvalue weighted by Crippen LogP contribution is 2.34. The maximum absolute atomic E-state index is 12.1. The number of sulfonamides is 1. The van der Waals surface area contributed by atoms with Crippen LogP contribution in [0.3, 0.4) is 0 Å². The van der Waals surface area contributed by atoms with E-state index in [0.29, 0.717) is 18.3 Å². The SMILES string of the molecule is CCN(c1ccc(S(=O)(=O)N(C)C)cc1C(=O)O)C1CC1. The minimum absolute atomic E-state index is 0.000463. The van der Waals surface area contributed by atoms with E-state index in [0.717, 1.165) is 17.1 Å². The molecule has 0 spiro atoms. The fourth-order valence-corrected chi connectivity index (χ4v) is 3.25. The first-order valence-electron chi connectivity index (χ1n) is 6.85. The molecular weight excluding hydrogens is 292 g/mol. The Morgan fingerprint density at radius 1 is 1.33 bits per heavy atom. The van der Waals surface area contributed by atoms with E-state index >= 15 is 0 Å². The Morgan fingerprint density at radius 2 is 1.95 bits per heavy atom. The summed E-state index contributed by atoms with van der Waals surface area (Å²) in [5, 5.41) is 9.41. The molecular formula is C14H20N2O4S. The van der Waals surface area contributed by atoms with Gasteiger partial charge in [0.1, 0.15) is 0 Å². The van der Waals surface area contributed by atoms with Crippen LogP contribution in [0.25, 0.3) is 0 Å². The predicted octanol–water partition coefficient (Wildman–Crippen LogP) is 1.62. The number of hydrogen-bond donors (Lipinski definition) is 1. The highest BCUT2D eigenvalue weighted by Gasteiger charge is 2.31. The van der Waals surface area contributed by atoms with Crippen molar-refractivity contribution in [2.45, 2.75) is 30.7 Å². The maximum Gasteiger partial charge on any atom is 0.337 e. The molecule has 0 bridgehead atoms. The molecule has 0 radical (unpaired) electrons. The van der Waals surface area contributed by atoms with Crippen molar-refractivity contribution in [2.75, 3.05) is 25.5 Å². The molecule has 1 N–H and O–H groups in total. The van der Waals surface area contributed by atoms with Crippen LogP contribution in [0.5, 0.6) is 0 Å². The van der Waals surface area contributed by atoms with Crippen LogP contribution in [0.1, 0.15) is 30.1 Å². The van der Waals surface area contributed by atoms with E-state index in [4.69, 9.17) is 0 Å². The fourth-order valence-electron chi connectivity index (χ4n) is 2.32. The molecule has 1 fully saturated rings. The summed E-state index contributed by atoms with van der Waals surface area (Å²) in [5.74, 6) is -1.11. The van der Waals surface area contributed by atoms with Crippen LogP contribution >= 0.6 is 0 Å². The Bertz CT molecular complexity index is 651. The average Bonchev–Trinajstić information content (AvgIpc) is 3.24. The molecule has 0 aliphatic heterocycles. The van der Waals surface area contributed by atoms with Crippen molar-refractivity contribution in [1.29, 1.82) is 0 Å². The quantitative estimate of drug-likeness (QED) is 0.863. The molecule has 0 aromatic heterocycles. The van der Waals surface area contributed by atoms with Gasteiger partial charge in [0.25, 0.3) is 0 Å². The van der Waals surface area contributed by atoms with Crippen LogP contribution in [-0.2, 0) is 10.0 Å². The summed E-state index contributed by atoms with van der Waals surface area (Å²) in [6.07, 6.45) is 2.09. The molecule has 0 saturated heterocycles. The van der Waals surface area contributed by atoms with E-state index in [1.54, 1.807) is 6.07 Å². The highest BCUT2D eigenvalue weighted by atomic mass is 32.2. The minimum atomic E-state index is -3.64. The summed E-state index contributed by atoms with van der Waals surface area (Å²) in [5.41, 5.74) is 0.622. The first-order valence-corrected chi connectivity index (χ1v) is 8.29. The lowest BCUT2D eigenvalue weighted by molar-refractivity contribution is 0.0697. The van der Waals surface area contributed by atoms with E-state index in [1.807, 2.05) is 11.8 Å². The van der Waals surface area contributed by atoms with Crippen LogP contribution < -0.4 is 4.90 Å². The lowest BCUT2D eigenvalue weighted by Gasteiger charge is -2.25. The molecule has 0 atom stereocenters. The van der Waals surface area contributed by atoms with Crippen molar-refractivity contribution in [2.24, 2.45) is 0 Å². The summed E-state index contributed by atoms with van der Waals surface area (Å²) >= 11 is 0. The van der Waals surface area contributed by atoms with Gasteiger partial charge in [-0.3, -0.25) is 0 Å². The zero-order valence-corrected chi connectivity index (χ0v) is 13.2. The van der Waals surface area contributed by atoms with Crippen molar-refractivity contribution in [3.63, 3.8) is 0 Å². The third-order valence-corrected chi connectivity index (χ3v) is 5.43. The second kappa shape index (κ2) is 5.65. The highest BCUT2D eigenvalue weighted by molar-refractivity contribution is 7.89. The van der Waals surface area contributed by atoms with Gasteiger partial charge >= 0.3 is 5.97 Å². The molecule has 1 aromatic carbocycles. The van der Waals surface area contributed by atoms with Gasteiger partial charge in [0.2, 0.25) is 10.0 Å². The average molecular weight is 312 g/mol. The number of benzene rings is 1. The Balaban J connectivity index is 2.52. The molecule has 7 heteroatoms. The molecule has 0 amide bonds. The van der Waals surface area contributed by atoms with Crippen molar-refractivity contribution in [3.8, 4) is 0 Å². The normalized spacial score (nSPS) is 15.2. The van der Waals surface area contributed by atoms with Gasteiger partial charge in [0, 0.05) is 26.7 Å². The third-order valence-electron chi connectivity index (χ3n) is 3.61. The van der Waals surface area contributed by atoms with Crippen LogP contribution in [-0.4, -0.2) is 50.5 Å². The third kappa shape index (κ3) is 3.03. The smallest absolute Gasteiger partial charge is 0.337 e. The molecule has 2 rings (SSSR count). The molecule has 1 aromatic rings. The number of rotatable bonds is 6. The molecule has 6 nitrogen and oxygen atoms in total. The summed E-state index contributed by atoms with van der Waals surface area (Å²) in [4.78, 5) is 13.5. The summed E-state index contributed by atoms with van der Waals surface area (Å²) in [6, 6.07) is 4.69. The maximum atomic E-state index is 12.1. The van der Waals surface area contributed by atoms with Crippen LogP contribution in [0.4, 0.5) is 5.69 Å². The van der Waals surface area contributed by atoms with E-state index in [9.17, 15) is 18.3 Å². The van der Waals surface area contributed by atoms with Gasteiger partial charge in [-0.2, -0.15) is 0 Å². The van der Waals surface area contributed by atoms with Crippen molar-refractivity contribution >= 4 is 21.7 Å². The van der Waals surface area contributed by atoms with Gasteiger partial charge in [-0.1, -0.05) is 0 Å². The van der Waals surface area contributed by atoms with E-state index < -0.39 is 16.0 Å². The Kier molecular flexibility index (Phi) is 4.25. The molecule has 1 saturated carbocycles. The fraction of sp³-hybridized carbons (Fsp3) is 0.500. The number of carboxylic acids is 1. The second-order valence-corrected chi connectivity index (χ2v) is 7.44. The van der Waals surface area contributed by atoms with Crippen molar-refractivity contribution in [3.05, 3.63) is 23.8 Å². The van der Waals surface area contributed by atoms with E-state index in [2.05, 4.69) is 0 Å². The number of carbonyl (C=O) groups is 1. The number of nitrogens with zero attached hydrogens (tertiary/aromatic N) is 2. The second-order valence-electron chi connectivity index (χ2n) is 5.29. The van der Waals surface area contributed by atoms with Gasteiger partial charge in [-0.15, -0.1) is 0 Å². The zero-order valence-electron chi connectivity index (χ0n) is 12.4. The van der Waals surface area contributed by atoms with Crippen LogP contribution in [0.2, 0.25) is 0 Å². The van der Waals surface area contributed by atoms with Gasteiger partial charge in [-0.25, -0.2) is 17.5 Å². The molecule has 1 aliphatic rings. The van der Waals surface area contributed by atoms with Gasteiger partial charge in [0.15, 0.2) is 0 Å². The molecule has 0 heterocycles. The van der Waals surface area contributed by atoms with Gasteiger partial charge in [-0.05, 0) is 38.0 Å². The molecule has 0 unspecified atom stereocenters. The molecule has 116 valence electrons. The number of anilines is 1. The first kappa shape index (κ1) is 15.8. The van der Waals surface area contributed by atoms with Crippen LogP contribution in [0.15, 0.2) is 23.1 Å². The van der Waals surface area contributed by atoms with E-state index in [1.165, 1.54) is 26.2 Å². The lowest BCUT2D eigenvalue weighted by Crippen LogP contribution is -2.28. The molecule has 21 heavy (non-hydrogen) atoms. The minimum Gasteiger partial charge on any atom is -0.478 e. The Labute approximate surface area is 125 Å². The Hall–Kier alpha value is -1.60. The standard InChI is InChI=1S/C14H20N2O4S/c1-4-16(10-5-6-10)13-8-7-11(9-12(13)14(17)18)21(19,20)15(2)3/h7-10H,4-6H2,1-3H3,(H,17,18). The lowest BCUT2D eigenvalue weighted by atomic mass is 10.1. The first-order chi connectivity index (χ1) is 9.78. The summed E-state index contributed by atoms with van der Waals surface area (Å²) in [7, 11) is -0.790. The molecule has 1 aliphatic carbocycles. The largest absolute Gasteiger partial charge is 0.478 e. The number of aromatic carboxylic acids is 1. The topological polar surface area (TPSA) is 77.9 Å². The summed E-state index contributed by atoms with van der Waals surface area (Å²) in [6.45, 7) is 2.67.